The average molecular weight is 307 g/mol. The Kier molecular flexibility index (Phi) is 4.49. The molecule has 0 aliphatic heterocycles. The summed E-state index contributed by atoms with van der Waals surface area (Å²) in [5, 5.41) is 28.7. The van der Waals surface area contributed by atoms with Gasteiger partial charge < -0.3 is 5.32 Å². The molecule has 2 aromatic rings. The molecule has 0 radical (unpaired) electrons. The number of benzene rings is 1. The SMILES string of the molecule is CC(Cc1ccsc1)Nc1ccc([N+](=O)[O-])cc1[N+](=O)[O-]. The van der Waals surface area contributed by atoms with Gasteiger partial charge in [-0.2, -0.15) is 11.3 Å². The number of hydrogen-bond donors (Lipinski definition) is 1. The maximum Gasteiger partial charge on any atom is 0.299 e. The summed E-state index contributed by atoms with van der Waals surface area (Å²) in [5.74, 6) is 0. The van der Waals surface area contributed by atoms with Gasteiger partial charge >= 0.3 is 0 Å². The molecule has 1 unspecified atom stereocenters. The van der Waals surface area contributed by atoms with E-state index in [1.807, 2.05) is 23.8 Å². The van der Waals surface area contributed by atoms with Crippen LogP contribution in [-0.2, 0) is 6.42 Å². The zero-order valence-corrected chi connectivity index (χ0v) is 12.0. The summed E-state index contributed by atoms with van der Waals surface area (Å²) < 4.78 is 0. The van der Waals surface area contributed by atoms with Crippen molar-refractivity contribution < 1.29 is 9.85 Å². The summed E-state index contributed by atoms with van der Waals surface area (Å²) in [6.07, 6.45) is 0.720. The summed E-state index contributed by atoms with van der Waals surface area (Å²) in [7, 11) is 0. The number of nitro groups is 2. The second-order valence-corrected chi connectivity index (χ2v) is 5.38. The highest BCUT2D eigenvalue weighted by Gasteiger charge is 2.20. The molecule has 21 heavy (non-hydrogen) atoms. The zero-order chi connectivity index (χ0) is 15.4. The van der Waals surface area contributed by atoms with E-state index in [1.165, 1.54) is 12.1 Å². The number of nitrogens with zero attached hydrogens (tertiary/aromatic N) is 2. The number of nitrogens with one attached hydrogen (secondary N) is 1. The Balaban J connectivity index is 2.18. The number of rotatable bonds is 6. The van der Waals surface area contributed by atoms with Gasteiger partial charge in [-0.3, -0.25) is 20.2 Å². The van der Waals surface area contributed by atoms with Gasteiger partial charge in [0.15, 0.2) is 0 Å². The maximum absolute atomic E-state index is 11.0. The lowest BCUT2D eigenvalue weighted by Crippen LogP contribution is -2.18. The van der Waals surface area contributed by atoms with Crippen molar-refractivity contribution in [3.8, 4) is 0 Å². The van der Waals surface area contributed by atoms with Crippen molar-refractivity contribution in [3.63, 3.8) is 0 Å². The van der Waals surface area contributed by atoms with E-state index in [1.54, 1.807) is 11.3 Å². The molecule has 8 heteroatoms. The van der Waals surface area contributed by atoms with Crippen LogP contribution in [0.2, 0.25) is 0 Å². The molecule has 7 nitrogen and oxygen atoms in total. The van der Waals surface area contributed by atoms with Gasteiger partial charge in [-0.1, -0.05) is 0 Å². The summed E-state index contributed by atoms with van der Waals surface area (Å²) in [6.45, 7) is 1.91. The van der Waals surface area contributed by atoms with Crippen molar-refractivity contribution in [2.24, 2.45) is 0 Å². The van der Waals surface area contributed by atoms with Crippen molar-refractivity contribution in [1.29, 1.82) is 0 Å². The Bertz CT molecular complexity index is 657. The van der Waals surface area contributed by atoms with Crippen molar-refractivity contribution in [3.05, 3.63) is 60.8 Å². The van der Waals surface area contributed by atoms with Gasteiger partial charge in [-0.05, 0) is 41.8 Å². The van der Waals surface area contributed by atoms with Gasteiger partial charge in [-0.15, -0.1) is 0 Å². The fraction of sp³-hybridized carbons (Fsp3) is 0.231. The molecule has 0 saturated heterocycles. The lowest BCUT2D eigenvalue weighted by Gasteiger charge is -2.14. The van der Waals surface area contributed by atoms with E-state index in [0.717, 1.165) is 18.1 Å². The lowest BCUT2D eigenvalue weighted by atomic mass is 10.1. The normalized spacial score (nSPS) is 11.9. The van der Waals surface area contributed by atoms with Gasteiger partial charge in [0, 0.05) is 12.1 Å². The van der Waals surface area contributed by atoms with Crippen LogP contribution in [0.3, 0.4) is 0 Å². The fourth-order valence-electron chi connectivity index (χ4n) is 1.99. The van der Waals surface area contributed by atoms with Gasteiger partial charge in [0.2, 0.25) is 0 Å². The molecular formula is C13H13N3O4S. The lowest BCUT2D eigenvalue weighted by molar-refractivity contribution is -0.393. The van der Waals surface area contributed by atoms with E-state index in [-0.39, 0.29) is 23.1 Å². The Labute approximate surface area is 124 Å². The maximum atomic E-state index is 11.0. The Morgan fingerprint density at radius 1 is 1.24 bits per heavy atom. The molecule has 0 bridgehead atoms. The van der Waals surface area contributed by atoms with Crippen LogP contribution in [-0.4, -0.2) is 15.9 Å². The van der Waals surface area contributed by atoms with Crippen molar-refractivity contribution in [2.75, 3.05) is 5.32 Å². The Morgan fingerprint density at radius 3 is 2.57 bits per heavy atom. The molecule has 2 rings (SSSR count). The Hall–Kier alpha value is -2.48. The topological polar surface area (TPSA) is 98.3 Å². The molecule has 1 N–H and O–H groups in total. The monoisotopic (exact) mass is 307 g/mol. The second-order valence-electron chi connectivity index (χ2n) is 4.60. The van der Waals surface area contributed by atoms with E-state index < -0.39 is 9.85 Å². The minimum absolute atomic E-state index is 0.0280. The van der Waals surface area contributed by atoms with E-state index in [2.05, 4.69) is 5.32 Å². The number of nitro benzene ring substituents is 2. The molecule has 1 atom stereocenters. The average Bonchev–Trinajstić information content (AvgIpc) is 2.91. The quantitative estimate of drug-likeness (QED) is 0.649. The first kappa shape index (κ1) is 14.9. The number of hydrogen-bond acceptors (Lipinski definition) is 6. The molecule has 0 fully saturated rings. The number of non-ortho nitro benzene ring substituents is 1. The van der Waals surface area contributed by atoms with Crippen LogP contribution < -0.4 is 5.32 Å². The molecule has 110 valence electrons. The summed E-state index contributed by atoms with van der Waals surface area (Å²) >= 11 is 1.59. The van der Waals surface area contributed by atoms with E-state index in [4.69, 9.17) is 0 Å². The highest BCUT2D eigenvalue weighted by atomic mass is 32.1. The molecule has 0 spiro atoms. The first-order chi connectivity index (χ1) is 9.97. The van der Waals surface area contributed by atoms with E-state index >= 15 is 0 Å². The third kappa shape index (κ3) is 3.76. The minimum atomic E-state index is -0.647. The predicted octanol–water partition coefficient (Wildman–Crippen LogP) is 3.61. The van der Waals surface area contributed by atoms with Crippen molar-refractivity contribution in [1.82, 2.24) is 0 Å². The largest absolute Gasteiger partial charge is 0.377 e. The third-order valence-corrected chi connectivity index (χ3v) is 3.64. The van der Waals surface area contributed by atoms with Crippen LogP contribution in [0.5, 0.6) is 0 Å². The van der Waals surface area contributed by atoms with Crippen LogP contribution >= 0.6 is 11.3 Å². The number of anilines is 1. The molecule has 0 saturated carbocycles. The third-order valence-electron chi connectivity index (χ3n) is 2.91. The van der Waals surface area contributed by atoms with Crippen molar-refractivity contribution in [2.45, 2.75) is 19.4 Å². The van der Waals surface area contributed by atoms with E-state index in [0.29, 0.717) is 0 Å². The van der Waals surface area contributed by atoms with Gasteiger partial charge in [0.05, 0.1) is 15.9 Å². The smallest absolute Gasteiger partial charge is 0.299 e. The Morgan fingerprint density at radius 2 is 2.00 bits per heavy atom. The molecule has 0 aliphatic rings. The first-order valence-electron chi connectivity index (χ1n) is 6.18. The summed E-state index contributed by atoms with van der Waals surface area (Å²) in [5.41, 5.74) is 0.844. The highest BCUT2D eigenvalue weighted by molar-refractivity contribution is 7.07. The van der Waals surface area contributed by atoms with Crippen LogP contribution in [0, 0.1) is 20.2 Å². The van der Waals surface area contributed by atoms with E-state index in [9.17, 15) is 20.2 Å². The first-order valence-corrected chi connectivity index (χ1v) is 7.12. The predicted molar refractivity (Wildman–Crippen MR) is 80.9 cm³/mol. The highest BCUT2D eigenvalue weighted by Crippen LogP contribution is 2.29. The van der Waals surface area contributed by atoms with Gasteiger partial charge in [0.25, 0.3) is 11.4 Å². The molecule has 0 amide bonds. The summed E-state index contributed by atoms with van der Waals surface area (Å²) in [4.78, 5) is 20.5. The van der Waals surface area contributed by atoms with Crippen LogP contribution in [0.4, 0.5) is 17.1 Å². The van der Waals surface area contributed by atoms with Gasteiger partial charge in [0.1, 0.15) is 5.69 Å². The van der Waals surface area contributed by atoms with Gasteiger partial charge in [-0.25, -0.2) is 0 Å². The summed E-state index contributed by atoms with van der Waals surface area (Å²) in [6, 6.07) is 5.57. The van der Waals surface area contributed by atoms with Crippen molar-refractivity contribution >= 4 is 28.4 Å². The number of thiophene rings is 1. The fourth-order valence-corrected chi connectivity index (χ4v) is 2.67. The van der Waals surface area contributed by atoms with Crippen LogP contribution in [0.25, 0.3) is 0 Å². The van der Waals surface area contributed by atoms with Crippen LogP contribution in [0.1, 0.15) is 12.5 Å². The minimum Gasteiger partial charge on any atom is -0.377 e. The molecule has 1 aromatic heterocycles. The molecule has 1 aromatic carbocycles. The van der Waals surface area contributed by atoms with Crippen LogP contribution in [0.15, 0.2) is 35.0 Å². The molecular weight excluding hydrogens is 294 g/mol. The second kappa shape index (κ2) is 6.31. The standard InChI is InChI=1S/C13H13N3O4S/c1-9(6-10-4-5-21-8-10)14-12-3-2-11(15(17)18)7-13(12)16(19)20/h2-5,7-9,14H,6H2,1H3. The zero-order valence-electron chi connectivity index (χ0n) is 11.2. The molecule has 0 aliphatic carbocycles. The molecule has 1 heterocycles.